The van der Waals surface area contributed by atoms with Crippen LogP contribution in [0.25, 0.3) is 0 Å². The van der Waals surface area contributed by atoms with Gasteiger partial charge in [-0.2, -0.15) is 8.42 Å². The highest BCUT2D eigenvalue weighted by Gasteiger charge is 2.32. The molecular formula is C7H17N3O8S. The van der Waals surface area contributed by atoms with Crippen LogP contribution < -0.4 is 5.73 Å². The number of β-amino-alcohol motifs (C(OH)–C–C–N with tert-alkyl or cyclic N) is 1. The summed E-state index contributed by atoms with van der Waals surface area (Å²) in [5.41, 5.74) is 5.41. The molecule has 0 aromatic carbocycles. The summed E-state index contributed by atoms with van der Waals surface area (Å²) in [4.78, 5) is 4.76. The monoisotopic (exact) mass is 303 g/mol. The van der Waals surface area contributed by atoms with Gasteiger partial charge in [0.15, 0.2) is 18.4 Å². The molecule has 1 aliphatic rings. The van der Waals surface area contributed by atoms with E-state index >= 15 is 0 Å². The fourth-order valence-corrected chi connectivity index (χ4v) is 1.25. The predicted molar refractivity (Wildman–Crippen MR) is 62.4 cm³/mol. The Morgan fingerprint density at radius 1 is 1.47 bits per heavy atom. The topological polar surface area (TPSA) is 186 Å². The lowest BCUT2D eigenvalue weighted by Crippen LogP contribution is -2.47. The Bertz CT molecular complexity index is 391. The van der Waals surface area contributed by atoms with Crippen LogP contribution in [0.1, 0.15) is 0 Å². The van der Waals surface area contributed by atoms with Crippen LogP contribution in [0.3, 0.4) is 0 Å². The van der Waals surface area contributed by atoms with E-state index in [0.717, 1.165) is 0 Å². The Hall–Kier alpha value is -1.02. The van der Waals surface area contributed by atoms with Crippen molar-refractivity contribution < 1.29 is 37.6 Å². The highest BCUT2D eigenvalue weighted by Crippen LogP contribution is 2.11. The summed E-state index contributed by atoms with van der Waals surface area (Å²) in [6, 6.07) is 0. The van der Waals surface area contributed by atoms with Crippen molar-refractivity contribution in [2.45, 2.75) is 18.6 Å². The van der Waals surface area contributed by atoms with Gasteiger partial charge in [0.2, 0.25) is 0 Å². The number of hydrogen-bond donors (Lipinski definition) is 6. The van der Waals surface area contributed by atoms with Gasteiger partial charge in [-0.15, -0.1) is 0 Å². The SMILES string of the molecule is COCC(O)CN1C(N)=NC(O)C1O.O=S(=O)(O)O. The zero-order valence-corrected chi connectivity index (χ0v) is 10.8. The van der Waals surface area contributed by atoms with E-state index in [1.54, 1.807) is 0 Å². The summed E-state index contributed by atoms with van der Waals surface area (Å²) in [6.07, 6.45) is -3.22. The van der Waals surface area contributed by atoms with Crippen LogP contribution >= 0.6 is 0 Å². The molecule has 0 aliphatic carbocycles. The van der Waals surface area contributed by atoms with Crippen LogP contribution in [-0.2, 0) is 15.1 Å². The molecule has 19 heavy (non-hydrogen) atoms. The van der Waals surface area contributed by atoms with Crippen molar-refractivity contribution in [2.75, 3.05) is 20.3 Å². The van der Waals surface area contributed by atoms with Crippen LogP contribution in [0, 0.1) is 0 Å². The minimum Gasteiger partial charge on any atom is -0.389 e. The Balaban J connectivity index is 0.000000555. The quantitative estimate of drug-likeness (QED) is 0.286. The van der Waals surface area contributed by atoms with Crippen molar-refractivity contribution in [1.82, 2.24) is 4.90 Å². The number of ether oxygens (including phenoxy) is 1. The Labute approximate surface area is 109 Å². The molecule has 1 aliphatic heterocycles. The lowest BCUT2D eigenvalue weighted by Gasteiger charge is -2.25. The Kier molecular flexibility index (Phi) is 7.14. The normalized spacial score (nSPS) is 24.5. The van der Waals surface area contributed by atoms with Crippen LogP contribution in [0.4, 0.5) is 0 Å². The molecule has 0 amide bonds. The van der Waals surface area contributed by atoms with Gasteiger partial charge in [0.05, 0.1) is 19.3 Å². The number of aliphatic hydroxyl groups is 3. The second-order valence-corrected chi connectivity index (χ2v) is 4.42. The standard InChI is InChI=1S/C7H15N3O4.H2O4S/c1-14-3-4(11)2-10-6(13)5(12)9-7(10)8;1-5(2,3)4/h4-6,11-13H,2-3H2,1H3,(H2,8,9);(H2,1,2,3,4). The molecule has 0 saturated heterocycles. The van der Waals surface area contributed by atoms with E-state index < -0.39 is 29.0 Å². The fourth-order valence-electron chi connectivity index (χ4n) is 1.25. The van der Waals surface area contributed by atoms with E-state index in [0.29, 0.717) is 0 Å². The van der Waals surface area contributed by atoms with Crippen molar-refractivity contribution in [2.24, 2.45) is 10.7 Å². The highest BCUT2D eigenvalue weighted by atomic mass is 32.3. The van der Waals surface area contributed by atoms with Crippen LogP contribution in [-0.4, -0.2) is 82.5 Å². The Morgan fingerprint density at radius 3 is 2.26 bits per heavy atom. The number of aliphatic hydroxyl groups excluding tert-OH is 3. The number of rotatable bonds is 4. The second-order valence-electron chi connectivity index (χ2n) is 3.52. The average Bonchev–Trinajstić information content (AvgIpc) is 2.43. The van der Waals surface area contributed by atoms with E-state index in [9.17, 15) is 10.2 Å². The molecule has 11 nitrogen and oxygen atoms in total. The maximum Gasteiger partial charge on any atom is 0.394 e. The molecule has 0 saturated carbocycles. The van der Waals surface area contributed by atoms with Gasteiger partial charge in [0.25, 0.3) is 0 Å². The van der Waals surface area contributed by atoms with Gasteiger partial charge in [0.1, 0.15) is 0 Å². The molecule has 1 heterocycles. The maximum atomic E-state index is 9.37. The number of aliphatic imine (C=N–C) groups is 1. The van der Waals surface area contributed by atoms with Crippen molar-refractivity contribution in [3.8, 4) is 0 Å². The van der Waals surface area contributed by atoms with Crippen molar-refractivity contribution in [3.05, 3.63) is 0 Å². The molecule has 0 radical (unpaired) electrons. The van der Waals surface area contributed by atoms with Gasteiger partial charge < -0.3 is 30.7 Å². The Morgan fingerprint density at radius 2 is 1.95 bits per heavy atom. The molecule has 1 rings (SSSR count). The smallest absolute Gasteiger partial charge is 0.389 e. The van der Waals surface area contributed by atoms with Crippen LogP contribution in [0.2, 0.25) is 0 Å². The van der Waals surface area contributed by atoms with Crippen molar-refractivity contribution >= 4 is 16.4 Å². The van der Waals surface area contributed by atoms with Gasteiger partial charge in [-0.25, -0.2) is 4.99 Å². The molecule has 114 valence electrons. The van der Waals surface area contributed by atoms with E-state index in [4.69, 9.17) is 33.1 Å². The van der Waals surface area contributed by atoms with E-state index in [2.05, 4.69) is 4.99 Å². The van der Waals surface area contributed by atoms with Gasteiger partial charge in [0, 0.05) is 7.11 Å². The largest absolute Gasteiger partial charge is 0.394 e. The molecule has 3 atom stereocenters. The number of nitrogens with two attached hydrogens (primary N) is 1. The molecule has 3 unspecified atom stereocenters. The van der Waals surface area contributed by atoms with Crippen molar-refractivity contribution in [1.29, 1.82) is 0 Å². The first-order valence-corrected chi connectivity index (χ1v) is 6.29. The van der Waals surface area contributed by atoms with E-state index in [-0.39, 0.29) is 19.1 Å². The lowest BCUT2D eigenvalue weighted by molar-refractivity contribution is -0.0498. The third-order valence-electron chi connectivity index (χ3n) is 1.91. The zero-order valence-electron chi connectivity index (χ0n) is 9.99. The number of hydrogen-bond acceptors (Lipinski definition) is 9. The fraction of sp³-hybridized carbons (Fsp3) is 0.857. The van der Waals surface area contributed by atoms with Crippen LogP contribution in [0.15, 0.2) is 4.99 Å². The van der Waals surface area contributed by atoms with E-state index in [1.165, 1.54) is 12.0 Å². The minimum atomic E-state index is -4.67. The average molecular weight is 303 g/mol. The molecule has 0 bridgehead atoms. The second kappa shape index (κ2) is 7.54. The molecular weight excluding hydrogens is 286 g/mol. The number of guanidine groups is 1. The number of methoxy groups -OCH3 is 1. The third kappa shape index (κ3) is 7.89. The first kappa shape index (κ1) is 18.0. The lowest BCUT2D eigenvalue weighted by atomic mass is 10.3. The molecule has 12 heteroatoms. The molecule has 7 N–H and O–H groups in total. The summed E-state index contributed by atoms with van der Waals surface area (Å²) in [5.74, 6) is 0.0140. The summed E-state index contributed by atoms with van der Waals surface area (Å²) >= 11 is 0. The number of nitrogens with zero attached hydrogens (tertiary/aromatic N) is 2. The van der Waals surface area contributed by atoms with Gasteiger partial charge in [-0.1, -0.05) is 0 Å². The summed E-state index contributed by atoms with van der Waals surface area (Å²) < 4.78 is 36.3. The highest BCUT2D eigenvalue weighted by molar-refractivity contribution is 7.79. The maximum absolute atomic E-state index is 9.37. The zero-order chi connectivity index (χ0) is 15.2. The third-order valence-corrected chi connectivity index (χ3v) is 1.91. The van der Waals surface area contributed by atoms with Crippen molar-refractivity contribution in [3.63, 3.8) is 0 Å². The molecule has 0 spiro atoms. The van der Waals surface area contributed by atoms with Gasteiger partial charge >= 0.3 is 10.4 Å². The first-order chi connectivity index (χ1) is 8.56. The van der Waals surface area contributed by atoms with Gasteiger partial charge in [-0.3, -0.25) is 9.11 Å². The predicted octanol–water partition coefficient (Wildman–Crippen LogP) is -3.39. The molecule has 0 aromatic rings. The molecule has 0 aromatic heterocycles. The van der Waals surface area contributed by atoms with Gasteiger partial charge in [-0.05, 0) is 0 Å². The molecule has 0 fully saturated rings. The summed E-state index contributed by atoms with van der Waals surface area (Å²) in [7, 11) is -3.21. The van der Waals surface area contributed by atoms with Crippen LogP contribution in [0.5, 0.6) is 0 Å². The van der Waals surface area contributed by atoms with E-state index in [1.807, 2.05) is 0 Å². The first-order valence-electron chi connectivity index (χ1n) is 4.89. The summed E-state index contributed by atoms with van der Waals surface area (Å²) in [5, 5.41) is 27.8. The minimum absolute atomic E-state index is 0.0140. The summed E-state index contributed by atoms with van der Waals surface area (Å²) in [6.45, 7) is 0.202.